The molecule has 23 atom stereocenters. The summed E-state index contributed by atoms with van der Waals surface area (Å²) in [5.41, 5.74) is 8.47. The number of aliphatic carboxylic acids is 1. The first kappa shape index (κ1) is 109. The lowest BCUT2D eigenvalue weighted by Gasteiger charge is -2.37. The van der Waals surface area contributed by atoms with Gasteiger partial charge in [0.15, 0.2) is 0 Å². The van der Waals surface area contributed by atoms with Gasteiger partial charge >= 0.3 is 42.9 Å². The van der Waals surface area contributed by atoms with E-state index in [1.807, 2.05) is 153 Å². The third kappa shape index (κ3) is 26.1. The van der Waals surface area contributed by atoms with Gasteiger partial charge in [0.1, 0.15) is 59.7 Å². The van der Waals surface area contributed by atoms with E-state index in [0.29, 0.717) is 69.4 Å². The fraction of sp³-hybridized carbons (Fsp3) is 0.558. The van der Waals surface area contributed by atoms with Crippen LogP contribution < -0.4 is 25.8 Å². The van der Waals surface area contributed by atoms with E-state index in [2.05, 4.69) is 37.1 Å². The zero-order valence-electron chi connectivity index (χ0n) is 81.3. The van der Waals surface area contributed by atoms with Crippen molar-refractivity contribution in [2.75, 3.05) is 146 Å². The molecule has 0 radical (unpaired) electrons. The monoisotopic (exact) mass is 2030 g/mol. The van der Waals surface area contributed by atoms with E-state index in [9.17, 15) is 67.7 Å². The molecule has 15 aliphatic rings. The summed E-state index contributed by atoms with van der Waals surface area (Å²) in [5, 5.41) is 24.6. The van der Waals surface area contributed by atoms with Crippen LogP contribution in [0.3, 0.4) is 0 Å². The summed E-state index contributed by atoms with van der Waals surface area (Å²) >= 11 is 16.9. The van der Waals surface area contributed by atoms with E-state index in [1.54, 1.807) is 85.4 Å². The number of nitrogens with zero attached hydrogens (tertiary/aromatic N) is 9. The van der Waals surface area contributed by atoms with E-state index < -0.39 is 142 Å². The minimum atomic E-state index is -1.68. The number of ketones is 1. The second kappa shape index (κ2) is 48.5. The van der Waals surface area contributed by atoms with Crippen LogP contribution in [-0.4, -0.2) is 355 Å². The third-order valence-electron chi connectivity index (χ3n) is 29.0. The zero-order valence-corrected chi connectivity index (χ0v) is 83.6. The Balaban J connectivity index is 0.000000142. The third-order valence-corrected chi connectivity index (χ3v) is 29.3. The molecule has 6 N–H and O–H groups in total. The number of likely N-dealkylation sites (N-methyl/N-ethyl adjacent to an activating group) is 3. The molecule has 35 nitrogen and oxygen atoms in total. The number of imide groups is 1. The Morgan fingerprint density at radius 3 is 1.20 bits per heavy atom. The first-order valence-corrected chi connectivity index (χ1v) is 50.5. The SMILES string of the molecule is C.CB(O)NC(C)Cc1ccc(OC(=O)C2C(C(=O)N3CCN(C)CC3)[C@@H]3C=C[C@H]2O3)cc1.CC(N)Cc1ccc(OC(=O)C2C(C(=O)N3CCN(C)CC3)[C@@H]3C=C[C@H]2O3)cc1.CC1(c2ccccc2)NC(=O)N(CCCC(=O)C2C(C(=O)O)[C@H]3C=C[C@@H]2O3)C1=O.CCCN1CCN(C(=O)C2C(C(=O)OCc3ccccc3)[C@H]3C=C[C@@H]2O3)CC1.CN1CCN(C(=O)C2C(C(=O)OCC(Cl)(Cl)Cl)[C@H]3C=C[C@@H]2O3)CC1. The van der Waals surface area contributed by atoms with Gasteiger partial charge in [0, 0.05) is 124 Å². The summed E-state index contributed by atoms with van der Waals surface area (Å²) < 4.78 is 49.1. The molecule has 0 spiro atoms. The van der Waals surface area contributed by atoms with Crippen molar-refractivity contribution >= 4 is 113 Å². The number of alkyl halides is 3. The molecule has 0 saturated carbocycles. The maximum absolute atomic E-state index is 13.2. The normalized spacial score (nSPS) is 30.2. The summed E-state index contributed by atoms with van der Waals surface area (Å²) in [6, 6.07) is 33.0. The number of hydrogen-bond donors (Lipinski definition) is 5. The molecule has 4 aromatic rings. The van der Waals surface area contributed by atoms with Gasteiger partial charge in [-0.05, 0) is 127 Å². The molecule has 15 heterocycles. The Kier molecular flexibility index (Phi) is 36.8. The molecule has 0 aromatic heterocycles. The molecule has 0 aliphatic carbocycles. The summed E-state index contributed by atoms with van der Waals surface area (Å²) in [5.74, 6) is -8.73. The number of carbonyl (C=O) groups excluding carboxylic acids is 11. The average Bonchev–Trinajstić information content (AvgIpc) is 1.58. The highest BCUT2D eigenvalue weighted by Crippen LogP contribution is 2.47. The molecule has 19 rings (SSSR count). The van der Waals surface area contributed by atoms with Crippen molar-refractivity contribution < 1.29 is 110 Å². The van der Waals surface area contributed by atoms with Crippen molar-refractivity contribution in [3.05, 3.63) is 192 Å². The van der Waals surface area contributed by atoms with Crippen molar-refractivity contribution in [1.82, 2.24) is 54.6 Å². The topological polar surface area (TPSA) is 408 Å². The minimum absolute atomic E-state index is 0. The van der Waals surface area contributed by atoms with E-state index in [4.69, 9.17) is 83.2 Å². The van der Waals surface area contributed by atoms with Gasteiger partial charge in [0.2, 0.25) is 27.4 Å². The lowest BCUT2D eigenvalue weighted by atomic mass is 9.79. The molecule has 10 bridgehead atoms. The van der Waals surface area contributed by atoms with Gasteiger partial charge in [0.05, 0.1) is 96.5 Å². The van der Waals surface area contributed by atoms with Gasteiger partial charge in [-0.25, -0.2) is 4.79 Å². The Hall–Kier alpha value is -10.1. The van der Waals surface area contributed by atoms with Gasteiger partial charge in [-0.3, -0.25) is 62.5 Å². The molecule has 10 saturated heterocycles. The van der Waals surface area contributed by atoms with Gasteiger partial charge < -0.3 is 103 Å². The van der Waals surface area contributed by atoms with Crippen LogP contribution in [0, 0.1) is 59.2 Å². The number of carboxylic acid groups (broad SMARTS) is 1. The lowest BCUT2D eigenvalue weighted by Crippen LogP contribution is -2.53. The molecule has 13 unspecified atom stereocenters. The zero-order chi connectivity index (χ0) is 101. The number of benzene rings is 4. The van der Waals surface area contributed by atoms with E-state index in [-0.39, 0.29) is 118 Å². The van der Waals surface area contributed by atoms with Crippen molar-refractivity contribution in [3.8, 4) is 11.5 Å². The number of rotatable bonds is 28. The molecule has 15 aliphatic heterocycles. The fourth-order valence-electron chi connectivity index (χ4n) is 21.4. The van der Waals surface area contributed by atoms with Gasteiger partial charge in [-0.1, -0.05) is 202 Å². The highest BCUT2D eigenvalue weighted by Gasteiger charge is 2.61. The molecule has 10 fully saturated rings. The number of carbonyl (C=O) groups is 12. The van der Waals surface area contributed by atoms with Crippen LogP contribution in [0.15, 0.2) is 170 Å². The number of piperazine rings is 4. The molecule has 4 aromatic carbocycles. The number of nitrogens with two attached hydrogens (primary N) is 1. The quantitative estimate of drug-likeness (QED) is 0.0100. The van der Waals surface area contributed by atoms with E-state index in [1.165, 1.54) is 0 Å². The van der Waals surface area contributed by atoms with Gasteiger partial charge in [-0.15, -0.1) is 0 Å². The number of fused-ring (bicyclic) bond motifs is 10. The predicted octanol–water partition coefficient (Wildman–Crippen LogP) is 6.58. The van der Waals surface area contributed by atoms with Crippen molar-refractivity contribution in [2.24, 2.45) is 64.9 Å². The van der Waals surface area contributed by atoms with Crippen LogP contribution >= 0.6 is 34.8 Å². The number of ether oxygens (including phenoxy) is 9. The number of halogens is 3. The number of hydrogen-bond acceptors (Lipinski definition) is 28. The Bertz CT molecular complexity index is 5300. The van der Waals surface area contributed by atoms with Gasteiger partial charge in [-0.2, -0.15) is 0 Å². The molecule has 143 heavy (non-hydrogen) atoms. The van der Waals surface area contributed by atoms with Crippen LogP contribution in [0.5, 0.6) is 11.5 Å². The first-order chi connectivity index (χ1) is 68.0. The summed E-state index contributed by atoms with van der Waals surface area (Å²) in [7, 11) is 5.54. The Morgan fingerprint density at radius 2 is 0.825 bits per heavy atom. The summed E-state index contributed by atoms with van der Waals surface area (Å²) in [4.78, 5) is 171. The molecule has 772 valence electrons. The standard InChI is InChI=1S/C23H32BN3O5.C22H29N3O4.C22H28N2O4.C21H22N2O6.C15H19Cl3N2O4.CH4/c1-15(25-24(2)30)14-16-4-6-17(7-5-16)31-23(29)21-19-9-8-18(32-19)20(21)22(28)27-12-10-26(3)11-13-27;1-14(23)13-15-3-5-16(6-4-15)28-22(27)20-18-8-7-17(29-18)19(20)21(26)25-11-9-24(2)10-12-25;1-2-10-23-11-13-24(14-12-23)21(25)19-17-8-9-18(28-17)20(19)22(26)27-15-16-6-4-3-5-7-16;1-21(12-6-3-2-4-7-12)19(27)23(20(28)22-21)11-5-8-13(24)16-14-9-10-15(29-14)17(16)18(25)26;1-19-4-6-20(7-5-19)13(21)11-9-2-3-10(24-9)12(11)14(22)23-8-15(16,17)18;/h4-9,15,18-21,25,30H,10-14H2,1-3H3;3-8,14,17-20H,9-13,23H2,1-2H3;3-9,17-20H,2,10-15H2,1H3;2-4,6-7,9-10,14-17H,5,8,11H2,1H3,(H,22,28)(H,25,26);2-3,9-12H,4-8H2,1H3;1H4/t15?,18-,19+,20?,21?;14?,17-,18+,19?,20?;17-,18+,19?,20?;14-,15+,16?,17?,21?;9-,10+,11?,12?;/m00000./s1. The van der Waals surface area contributed by atoms with Crippen LogP contribution in [0.2, 0.25) is 6.82 Å². The number of urea groups is 1. The highest BCUT2D eigenvalue weighted by molar-refractivity contribution is 6.67. The Labute approximate surface area is 850 Å². The molecular weight excluding hydrogens is 1900 g/mol. The molecule has 39 heteroatoms. The minimum Gasteiger partial charge on any atom is -0.481 e. The predicted molar refractivity (Wildman–Crippen MR) is 531 cm³/mol. The fourth-order valence-corrected chi connectivity index (χ4v) is 21.6. The number of carboxylic acids is 1. The van der Waals surface area contributed by atoms with Gasteiger partial charge in [0.25, 0.3) is 5.91 Å². The van der Waals surface area contributed by atoms with E-state index in [0.717, 1.165) is 99.8 Å². The summed E-state index contributed by atoms with van der Waals surface area (Å²) in [6.07, 6.45) is 17.2. The smallest absolute Gasteiger partial charge is 0.373 e. The number of esters is 4. The average molecular weight is 2040 g/mol. The lowest BCUT2D eigenvalue weighted by molar-refractivity contribution is -0.156. The molecular formula is C104H134BCl3N12O23. The highest BCUT2D eigenvalue weighted by atomic mass is 35.6. The number of Topliss-reactive ketones (excluding diaryl/α,β-unsaturated/α-hetero) is 1. The maximum Gasteiger partial charge on any atom is 0.373 e. The summed E-state index contributed by atoms with van der Waals surface area (Å²) in [6.45, 7) is 22.6. The first-order valence-electron chi connectivity index (χ1n) is 49.3. The molecule has 7 amide bonds. The largest absolute Gasteiger partial charge is 0.481 e. The Morgan fingerprint density at radius 1 is 0.476 bits per heavy atom. The number of nitrogens with one attached hydrogen (secondary N) is 2. The van der Waals surface area contributed by atoms with Crippen molar-refractivity contribution in [1.29, 1.82) is 0 Å². The second-order valence-corrected chi connectivity index (χ2v) is 41.9. The van der Waals surface area contributed by atoms with Crippen molar-refractivity contribution in [2.45, 2.75) is 163 Å². The van der Waals surface area contributed by atoms with Crippen LogP contribution in [0.25, 0.3) is 0 Å². The van der Waals surface area contributed by atoms with Crippen LogP contribution in [0.1, 0.15) is 76.6 Å². The second-order valence-electron chi connectivity index (χ2n) is 39.4. The number of amides is 7. The van der Waals surface area contributed by atoms with E-state index >= 15 is 0 Å². The maximum atomic E-state index is 13.2. The van der Waals surface area contributed by atoms with Crippen LogP contribution in [0.4, 0.5) is 4.79 Å². The van der Waals surface area contributed by atoms with Crippen molar-refractivity contribution in [3.63, 3.8) is 0 Å². The van der Waals surface area contributed by atoms with Crippen LogP contribution in [-0.2, 0) is 111 Å².